The van der Waals surface area contributed by atoms with Gasteiger partial charge in [-0.1, -0.05) is 18.2 Å². The molecule has 0 radical (unpaired) electrons. The van der Waals surface area contributed by atoms with Crippen LogP contribution in [0.4, 0.5) is 5.82 Å². The van der Waals surface area contributed by atoms with E-state index in [0.717, 1.165) is 10.2 Å². The first-order valence-electron chi connectivity index (χ1n) is 5.99. The second-order valence-corrected chi connectivity index (χ2v) is 5.54. The van der Waals surface area contributed by atoms with Gasteiger partial charge in [0.15, 0.2) is 0 Å². The molecular formula is C14H18BrN3. The highest BCUT2D eigenvalue weighted by Gasteiger charge is 2.16. The lowest BCUT2D eigenvalue weighted by molar-refractivity contribution is 0.568. The van der Waals surface area contributed by atoms with E-state index < -0.39 is 0 Å². The second-order valence-electron chi connectivity index (χ2n) is 4.75. The normalized spacial score (nSPS) is 12.7. The van der Waals surface area contributed by atoms with Crippen LogP contribution in [0.25, 0.3) is 0 Å². The Morgan fingerprint density at radius 2 is 1.89 bits per heavy atom. The zero-order valence-corrected chi connectivity index (χ0v) is 12.7. The van der Waals surface area contributed by atoms with Gasteiger partial charge in [-0.05, 0) is 60.3 Å². The summed E-state index contributed by atoms with van der Waals surface area (Å²) >= 11 is 3.46. The van der Waals surface area contributed by atoms with E-state index in [2.05, 4.69) is 60.0 Å². The summed E-state index contributed by atoms with van der Waals surface area (Å²) in [6, 6.07) is 6.61. The summed E-state index contributed by atoms with van der Waals surface area (Å²) in [6.45, 7) is 8.30. The second kappa shape index (κ2) is 4.76. The molecule has 1 atom stereocenters. The van der Waals surface area contributed by atoms with Crippen molar-refractivity contribution in [1.82, 2.24) is 9.78 Å². The fourth-order valence-corrected chi connectivity index (χ4v) is 2.27. The summed E-state index contributed by atoms with van der Waals surface area (Å²) in [5, 5.41) is 4.48. The van der Waals surface area contributed by atoms with E-state index >= 15 is 0 Å². The maximum atomic E-state index is 6.06. The highest BCUT2D eigenvalue weighted by Crippen LogP contribution is 2.29. The average Bonchev–Trinajstić information content (AvgIpc) is 2.60. The summed E-state index contributed by atoms with van der Waals surface area (Å²) in [7, 11) is 0. The maximum absolute atomic E-state index is 6.06. The van der Waals surface area contributed by atoms with Gasteiger partial charge >= 0.3 is 0 Å². The Labute approximate surface area is 116 Å². The molecule has 0 fully saturated rings. The van der Waals surface area contributed by atoms with Gasteiger partial charge in [-0.3, -0.25) is 0 Å². The Morgan fingerprint density at radius 3 is 2.39 bits per heavy atom. The van der Waals surface area contributed by atoms with Crippen molar-refractivity contribution in [3.05, 3.63) is 45.1 Å². The van der Waals surface area contributed by atoms with Crippen LogP contribution < -0.4 is 5.73 Å². The molecule has 4 heteroatoms. The zero-order chi connectivity index (χ0) is 13.4. The number of nitrogens with two attached hydrogens (primary N) is 1. The summed E-state index contributed by atoms with van der Waals surface area (Å²) in [6.07, 6.45) is 0. The summed E-state index contributed by atoms with van der Waals surface area (Å²) in [5.74, 6) is 0.679. The molecule has 2 rings (SSSR count). The van der Waals surface area contributed by atoms with Crippen molar-refractivity contribution < 1.29 is 0 Å². The molecule has 3 nitrogen and oxygen atoms in total. The third-order valence-electron chi connectivity index (χ3n) is 3.43. The lowest BCUT2D eigenvalue weighted by Crippen LogP contribution is -2.12. The zero-order valence-electron chi connectivity index (χ0n) is 11.2. The lowest BCUT2D eigenvalue weighted by Gasteiger charge is -2.15. The molecule has 0 amide bonds. The van der Waals surface area contributed by atoms with Crippen LogP contribution in [0.2, 0.25) is 0 Å². The first-order valence-corrected chi connectivity index (χ1v) is 6.78. The van der Waals surface area contributed by atoms with Gasteiger partial charge in [-0.25, -0.2) is 4.68 Å². The number of nitrogen functional groups attached to an aromatic ring is 1. The topological polar surface area (TPSA) is 43.8 Å². The number of aryl methyl sites for hydroxylation is 3. The number of hydrogen-bond acceptors (Lipinski definition) is 2. The maximum Gasteiger partial charge on any atom is 0.137 e. The molecule has 0 aliphatic rings. The predicted octanol–water partition coefficient (Wildman–Crippen LogP) is 3.76. The van der Waals surface area contributed by atoms with Gasteiger partial charge in [0.05, 0.1) is 16.2 Å². The summed E-state index contributed by atoms with van der Waals surface area (Å²) in [4.78, 5) is 0. The standard InChI is InChI=1S/C14H18BrN3/c1-8-5-6-12(7-9(8)2)11(4)18-14(16)13(15)10(3)17-18/h5-7,11H,16H2,1-4H3. The number of nitrogens with zero attached hydrogens (tertiary/aromatic N) is 2. The molecule has 2 N–H and O–H groups in total. The average molecular weight is 308 g/mol. The Bertz CT molecular complexity index is 587. The van der Waals surface area contributed by atoms with Crippen LogP contribution in [-0.2, 0) is 0 Å². The molecule has 0 saturated carbocycles. The number of halogens is 1. The largest absolute Gasteiger partial charge is 0.383 e. The van der Waals surface area contributed by atoms with E-state index in [-0.39, 0.29) is 6.04 Å². The van der Waals surface area contributed by atoms with Crippen molar-refractivity contribution in [2.45, 2.75) is 33.7 Å². The number of aromatic nitrogens is 2. The summed E-state index contributed by atoms with van der Waals surface area (Å²) < 4.78 is 2.75. The van der Waals surface area contributed by atoms with Crippen LogP contribution >= 0.6 is 15.9 Å². The van der Waals surface area contributed by atoms with Gasteiger partial charge in [0.25, 0.3) is 0 Å². The van der Waals surface area contributed by atoms with Crippen molar-refractivity contribution in [1.29, 1.82) is 0 Å². The molecule has 0 aliphatic heterocycles. The van der Waals surface area contributed by atoms with Crippen molar-refractivity contribution in [3.63, 3.8) is 0 Å². The minimum Gasteiger partial charge on any atom is -0.383 e. The molecule has 0 bridgehead atoms. The van der Waals surface area contributed by atoms with Crippen LogP contribution in [0.3, 0.4) is 0 Å². The van der Waals surface area contributed by atoms with E-state index in [1.807, 2.05) is 11.6 Å². The molecule has 2 aromatic rings. The smallest absolute Gasteiger partial charge is 0.137 e. The highest BCUT2D eigenvalue weighted by molar-refractivity contribution is 9.10. The fraction of sp³-hybridized carbons (Fsp3) is 0.357. The number of benzene rings is 1. The third-order valence-corrected chi connectivity index (χ3v) is 4.41. The first kappa shape index (κ1) is 13.1. The fourth-order valence-electron chi connectivity index (χ4n) is 2.01. The van der Waals surface area contributed by atoms with Gasteiger partial charge in [-0.2, -0.15) is 5.10 Å². The van der Waals surface area contributed by atoms with E-state index in [4.69, 9.17) is 5.73 Å². The minimum absolute atomic E-state index is 0.134. The molecule has 1 heterocycles. The quantitative estimate of drug-likeness (QED) is 0.918. The van der Waals surface area contributed by atoms with Crippen molar-refractivity contribution in [2.75, 3.05) is 5.73 Å². The van der Waals surface area contributed by atoms with E-state index in [1.54, 1.807) is 0 Å². The third kappa shape index (κ3) is 2.17. The van der Waals surface area contributed by atoms with Gasteiger partial charge in [0.2, 0.25) is 0 Å². The molecule has 1 unspecified atom stereocenters. The van der Waals surface area contributed by atoms with Gasteiger partial charge in [0, 0.05) is 0 Å². The number of hydrogen-bond donors (Lipinski definition) is 1. The molecule has 18 heavy (non-hydrogen) atoms. The molecule has 0 saturated heterocycles. The predicted molar refractivity (Wildman–Crippen MR) is 78.8 cm³/mol. The molecule has 1 aromatic carbocycles. The van der Waals surface area contributed by atoms with Crippen molar-refractivity contribution in [3.8, 4) is 0 Å². The van der Waals surface area contributed by atoms with Crippen LogP contribution in [0.15, 0.2) is 22.7 Å². The Balaban J connectivity index is 2.44. The van der Waals surface area contributed by atoms with Crippen LogP contribution in [-0.4, -0.2) is 9.78 Å². The van der Waals surface area contributed by atoms with Gasteiger partial charge in [-0.15, -0.1) is 0 Å². The molecule has 96 valence electrons. The molecule has 0 spiro atoms. The molecule has 0 aliphatic carbocycles. The molecular weight excluding hydrogens is 290 g/mol. The van der Waals surface area contributed by atoms with Crippen molar-refractivity contribution >= 4 is 21.7 Å². The van der Waals surface area contributed by atoms with Crippen LogP contribution in [0.5, 0.6) is 0 Å². The highest BCUT2D eigenvalue weighted by atomic mass is 79.9. The first-order chi connectivity index (χ1) is 8.41. The summed E-state index contributed by atoms with van der Waals surface area (Å²) in [5.41, 5.74) is 10.8. The Kier molecular flexibility index (Phi) is 3.48. The van der Waals surface area contributed by atoms with Gasteiger partial charge in [0.1, 0.15) is 5.82 Å². The van der Waals surface area contributed by atoms with E-state index in [0.29, 0.717) is 5.82 Å². The van der Waals surface area contributed by atoms with Crippen LogP contribution in [0, 0.1) is 20.8 Å². The minimum atomic E-state index is 0.134. The molecule has 1 aromatic heterocycles. The number of rotatable bonds is 2. The lowest BCUT2D eigenvalue weighted by atomic mass is 10.0. The SMILES string of the molecule is Cc1ccc(C(C)n2nc(C)c(Br)c2N)cc1C. The van der Waals surface area contributed by atoms with E-state index in [9.17, 15) is 0 Å². The van der Waals surface area contributed by atoms with Crippen LogP contribution in [0.1, 0.15) is 35.3 Å². The monoisotopic (exact) mass is 307 g/mol. The van der Waals surface area contributed by atoms with Crippen molar-refractivity contribution in [2.24, 2.45) is 0 Å². The number of anilines is 1. The Hall–Kier alpha value is -1.29. The van der Waals surface area contributed by atoms with E-state index in [1.165, 1.54) is 16.7 Å². The van der Waals surface area contributed by atoms with Gasteiger partial charge < -0.3 is 5.73 Å². The Morgan fingerprint density at radius 1 is 1.22 bits per heavy atom.